The number of nitrogen functional groups attached to an aromatic ring is 1. The molecule has 1 saturated heterocycles. The number of aromatic nitrogens is 4. The Kier molecular flexibility index (Phi) is 6.25. The Balaban J connectivity index is 1.22. The van der Waals surface area contributed by atoms with Gasteiger partial charge in [-0.15, -0.1) is 0 Å². The zero-order chi connectivity index (χ0) is 26.3. The molecule has 2 fully saturated rings. The van der Waals surface area contributed by atoms with Crippen LogP contribution in [0.3, 0.4) is 0 Å². The first kappa shape index (κ1) is 24.2. The van der Waals surface area contributed by atoms with Crippen LogP contribution in [0, 0.1) is 0 Å². The third-order valence-electron chi connectivity index (χ3n) is 8.76. The van der Waals surface area contributed by atoms with Gasteiger partial charge in [0.1, 0.15) is 22.9 Å². The molecule has 1 saturated carbocycles. The van der Waals surface area contributed by atoms with E-state index >= 15 is 0 Å². The topological polar surface area (TPSA) is 75.6 Å². The molecule has 0 radical (unpaired) electrons. The number of hydrogen-bond donors (Lipinski definition) is 1. The van der Waals surface area contributed by atoms with Gasteiger partial charge in [0, 0.05) is 67.0 Å². The van der Waals surface area contributed by atoms with Gasteiger partial charge in [0.2, 0.25) is 0 Å². The van der Waals surface area contributed by atoms with Crippen LogP contribution >= 0.6 is 0 Å². The fourth-order valence-corrected chi connectivity index (χ4v) is 6.50. The predicted molar refractivity (Wildman–Crippen MR) is 158 cm³/mol. The fraction of sp³-hybridized carbons (Fsp3) is 0.344. The van der Waals surface area contributed by atoms with E-state index in [0.29, 0.717) is 17.8 Å². The Morgan fingerprint density at radius 2 is 1.59 bits per heavy atom. The quantitative estimate of drug-likeness (QED) is 0.341. The minimum Gasteiger partial charge on any atom is -0.382 e. The van der Waals surface area contributed by atoms with Gasteiger partial charge in [0.05, 0.1) is 11.2 Å². The molecule has 2 aliphatic rings. The summed E-state index contributed by atoms with van der Waals surface area (Å²) in [4.78, 5) is 19.9. The molecule has 39 heavy (non-hydrogen) atoms. The summed E-state index contributed by atoms with van der Waals surface area (Å²) in [5.74, 6) is 2.04. The third-order valence-corrected chi connectivity index (χ3v) is 8.76. The van der Waals surface area contributed by atoms with Crippen molar-refractivity contribution in [3.63, 3.8) is 0 Å². The van der Waals surface area contributed by atoms with Crippen molar-refractivity contribution >= 4 is 22.2 Å². The SMILES string of the molecule is CN1CCN(C2CCC(c3nc(-c4ccc5ccc(-c6ccccc6)nc5c4)c4c(N)nccn34)CC2)CC1. The van der Waals surface area contributed by atoms with E-state index in [9.17, 15) is 0 Å². The van der Waals surface area contributed by atoms with Crippen molar-refractivity contribution in [2.24, 2.45) is 0 Å². The van der Waals surface area contributed by atoms with Crippen molar-refractivity contribution in [2.45, 2.75) is 37.6 Å². The number of benzene rings is 2. The highest BCUT2D eigenvalue weighted by atomic mass is 15.3. The van der Waals surface area contributed by atoms with Crippen LogP contribution in [0.1, 0.15) is 37.4 Å². The summed E-state index contributed by atoms with van der Waals surface area (Å²) in [7, 11) is 2.23. The summed E-state index contributed by atoms with van der Waals surface area (Å²) in [6.45, 7) is 4.72. The van der Waals surface area contributed by atoms with Gasteiger partial charge >= 0.3 is 0 Å². The second-order valence-corrected chi connectivity index (χ2v) is 11.2. The molecule has 1 aliphatic heterocycles. The summed E-state index contributed by atoms with van der Waals surface area (Å²) >= 11 is 0. The number of fused-ring (bicyclic) bond motifs is 2. The molecule has 0 amide bonds. The van der Waals surface area contributed by atoms with E-state index < -0.39 is 0 Å². The average Bonchev–Trinajstić information content (AvgIpc) is 3.39. The fourth-order valence-electron chi connectivity index (χ4n) is 6.50. The van der Waals surface area contributed by atoms with Gasteiger partial charge in [-0.1, -0.05) is 48.5 Å². The molecule has 0 spiro atoms. The number of imidazole rings is 1. The molecule has 2 aromatic carbocycles. The van der Waals surface area contributed by atoms with Crippen LogP contribution in [0.2, 0.25) is 0 Å². The van der Waals surface area contributed by atoms with Crippen molar-refractivity contribution in [1.29, 1.82) is 0 Å². The lowest BCUT2D eigenvalue weighted by Gasteiger charge is -2.41. The Bertz CT molecular complexity index is 1610. The second kappa shape index (κ2) is 10.1. The second-order valence-electron chi connectivity index (χ2n) is 11.2. The van der Waals surface area contributed by atoms with Crippen LogP contribution in [0.25, 0.3) is 38.9 Å². The number of nitrogens with zero attached hydrogens (tertiary/aromatic N) is 6. The lowest BCUT2D eigenvalue weighted by atomic mass is 9.84. The molecule has 3 aromatic heterocycles. The van der Waals surface area contributed by atoms with Gasteiger partial charge in [-0.05, 0) is 44.9 Å². The lowest BCUT2D eigenvalue weighted by Crippen LogP contribution is -2.49. The summed E-state index contributed by atoms with van der Waals surface area (Å²) < 4.78 is 2.19. The number of anilines is 1. The van der Waals surface area contributed by atoms with Crippen molar-refractivity contribution in [2.75, 3.05) is 39.0 Å². The van der Waals surface area contributed by atoms with Crippen molar-refractivity contribution in [1.82, 2.24) is 29.2 Å². The molecule has 1 aliphatic carbocycles. The first-order valence-electron chi connectivity index (χ1n) is 14.2. The molecule has 7 heteroatoms. The van der Waals surface area contributed by atoms with Crippen LogP contribution in [-0.2, 0) is 0 Å². The van der Waals surface area contributed by atoms with E-state index in [-0.39, 0.29) is 0 Å². The van der Waals surface area contributed by atoms with E-state index in [1.165, 1.54) is 39.0 Å². The maximum absolute atomic E-state index is 6.48. The highest BCUT2D eigenvalue weighted by Gasteiger charge is 2.31. The van der Waals surface area contributed by atoms with E-state index in [2.05, 4.69) is 68.7 Å². The molecule has 2 N–H and O–H groups in total. The molecule has 0 atom stereocenters. The van der Waals surface area contributed by atoms with Crippen LogP contribution in [0.15, 0.2) is 73.1 Å². The van der Waals surface area contributed by atoms with Gasteiger partial charge in [0.25, 0.3) is 0 Å². The number of piperazine rings is 1. The number of pyridine rings is 1. The molecule has 5 aromatic rings. The van der Waals surface area contributed by atoms with E-state index in [1.807, 2.05) is 24.4 Å². The van der Waals surface area contributed by atoms with E-state index in [4.69, 9.17) is 15.7 Å². The molecule has 7 nitrogen and oxygen atoms in total. The normalized spacial score (nSPS) is 21.1. The Morgan fingerprint density at radius 1 is 0.821 bits per heavy atom. The minimum absolute atomic E-state index is 0.417. The monoisotopic (exact) mass is 517 g/mol. The van der Waals surface area contributed by atoms with E-state index in [1.54, 1.807) is 6.20 Å². The molecule has 4 heterocycles. The third kappa shape index (κ3) is 4.56. The van der Waals surface area contributed by atoms with Gasteiger partial charge in [0.15, 0.2) is 0 Å². The largest absolute Gasteiger partial charge is 0.382 e. The number of hydrogen-bond acceptors (Lipinski definition) is 6. The summed E-state index contributed by atoms with van der Waals surface area (Å²) in [6, 6.07) is 21.6. The molecule has 0 unspecified atom stereocenters. The maximum Gasteiger partial charge on any atom is 0.150 e. The van der Waals surface area contributed by atoms with Crippen LogP contribution in [-0.4, -0.2) is 68.4 Å². The summed E-state index contributed by atoms with van der Waals surface area (Å²) in [6.07, 6.45) is 8.57. The van der Waals surface area contributed by atoms with Gasteiger partial charge in [-0.25, -0.2) is 15.0 Å². The first-order chi connectivity index (χ1) is 19.1. The zero-order valence-electron chi connectivity index (χ0n) is 22.5. The molecular weight excluding hydrogens is 482 g/mol. The van der Waals surface area contributed by atoms with E-state index in [0.717, 1.165) is 57.6 Å². The number of likely N-dealkylation sites (N-methyl/N-ethyl adjacent to an activating group) is 1. The van der Waals surface area contributed by atoms with Gasteiger partial charge in [-0.3, -0.25) is 9.30 Å². The molecule has 198 valence electrons. The summed E-state index contributed by atoms with van der Waals surface area (Å²) in [5, 5.41) is 1.11. The number of nitrogens with two attached hydrogens (primary N) is 1. The zero-order valence-corrected chi connectivity index (χ0v) is 22.5. The molecular formula is C32H35N7. The van der Waals surface area contributed by atoms with Crippen molar-refractivity contribution < 1.29 is 0 Å². The average molecular weight is 518 g/mol. The minimum atomic E-state index is 0.417. The highest BCUT2D eigenvalue weighted by Crippen LogP contribution is 2.38. The van der Waals surface area contributed by atoms with Gasteiger partial charge < -0.3 is 10.6 Å². The Hall–Kier alpha value is -3.81. The smallest absolute Gasteiger partial charge is 0.150 e. The maximum atomic E-state index is 6.48. The first-order valence-corrected chi connectivity index (χ1v) is 14.2. The standard InChI is InChI=1S/C32H35N7/c1-37-17-19-38(20-18-37)26-12-9-24(10-13-26)32-36-29(30-31(33)34-15-16-39(30)32)25-8-7-23-11-14-27(35-28(23)21-25)22-5-3-2-4-6-22/h2-8,11,14-16,21,24,26H,9-10,12-13,17-20H2,1H3,(H2,33,34). The molecule has 7 rings (SSSR count). The van der Waals surface area contributed by atoms with Crippen molar-refractivity contribution in [3.05, 3.63) is 78.9 Å². The Labute approximate surface area is 229 Å². The van der Waals surface area contributed by atoms with Crippen molar-refractivity contribution in [3.8, 4) is 22.5 Å². The predicted octanol–water partition coefficient (Wildman–Crippen LogP) is 5.47. The number of rotatable bonds is 4. The highest BCUT2D eigenvalue weighted by molar-refractivity contribution is 5.91. The summed E-state index contributed by atoms with van der Waals surface area (Å²) in [5.41, 5.74) is 12.3. The Morgan fingerprint density at radius 3 is 2.38 bits per heavy atom. The molecule has 0 bridgehead atoms. The van der Waals surface area contributed by atoms with Crippen LogP contribution in [0.5, 0.6) is 0 Å². The van der Waals surface area contributed by atoms with Gasteiger partial charge in [-0.2, -0.15) is 0 Å². The lowest BCUT2D eigenvalue weighted by molar-refractivity contribution is 0.0872. The van der Waals surface area contributed by atoms with Crippen LogP contribution < -0.4 is 5.73 Å². The van der Waals surface area contributed by atoms with Crippen LogP contribution in [0.4, 0.5) is 5.82 Å².